The Kier molecular flexibility index (Phi) is 4.81. The maximum absolute atomic E-state index is 11.2. The normalized spacial score (nSPS) is 21.5. The molecule has 0 bridgehead atoms. The van der Waals surface area contributed by atoms with Crippen LogP contribution in [0.4, 0.5) is 5.69 Å². The molecule has 2 aliphatic rings. The van der Waals surface area contributed by atoms with E-state index in [4.69, 9.17) is 11.6 Å². The first-order valence-corrected chi connectivity index (χ1v) is 8.39. The van der Waals surface area contributed by atoms with Crippen molar-refractivity contribution in [1.82, 2.24) is 4.90 Å². The summed E-state index contributed by atoms with van der Waals surface area (Å²) in [5.41, 5.74) is 1.74. The van der Waals surface area contributed by atoms with E-state index in [0.29, 0.717) is 10.6 Å². The number of carbonyl (C=O) groups excluding carboxylic acids is 1. The molecule has 21 heavy (non-hydrogen) atoms. The van der Waals surface area contributed by atoms with E-state index in [-0.39, 0.29) is 0 Å². The Hall–Kier alpha value is -1.06. The number of nitrogens with zero attached hydrogens (tertiary/aromatic N) is 2. The highest BCUT2D eigenvalue weighted by Gasteiger charge is 2.26. The molecular weight excluding hydrogens is 284 g/mol. The van der Waals surface area contributed by atoms with E-state index in [1.165, 1.54) is 45.2 Å². The number of piperidine rings is 2. The Labute approximate surface area is 131 Å². The highest BCUT2D eigenvalue weighted by Crippen LogP contribution is 2.28. The molecule has 2 heterocycles. The predicted octanol–water partition coefficient (Wildman–Crippen LogP) is 3.61. The van der Waals surface area contributed by atoms with Crippen LogP contribution >= 0.6 is 11.6 Å². The highest BCUT2D eigenvalue weighted by molar-refractivity contribution is 6.31. The number of hydrogen-bond acceptors (Lipinski definition) is 3. The summed E-state index contributed by atoms with van der Waals surface area (Å²) in [6.07, 6.45) is 7.40. The summed E-state index contributed by atoms with van der Waals surface area (Å²) in [5, 5.41) is 0.629. The molecule has 0 aliphatic carbocycles. The fraction of sp³-hybridized carbons (Fsp3) is 0.588. The van der Waals surface area contributed by atoms with Crippen molar-refractivity contribution in [3.05, 3.63) is 28.8 Å². The average Bonchev–Trinajstić information content (AvgIpc) is 2.56. The van der Waals surface area contributed by atoms with Gasteiger partial charge in [0.1, 0.15) is 0 Å². The van der Waals surface area contributed by atoms with Crippen molar-refractivity contribution in [2.45, 2.75) is 38.1 Å². The van der Waals surface area contributed by atoms with E-state index in [2.05, 4.69) is 9.80 Å². The molecule has 0 radical (unpaired) electrons. The molecule has 2 aliphatic heterocycles. The number of likely N-dealkylation sites (tertiary alicyclic amines) is 1. The Morgan fingerprint density at radius 2 is 1.76 bits per heavy atom. The largest absolute Gasteiger partial charge is 0.371 e. The number of halogens is 1. The van der Waals surface area contributed by atoms with E-state index in [1.54, 1.807) is 6.07 Å². The SMILES string of the molecule is O=Cc1cc(Cl)ccc1N1CCC(N2CCCCC2)CC1. The molecule has 0 amide bonds. The molecule has 2 saturated heterocycles. The molecule has 0 N–H and O–H groups in total. The average molecular weight is 307 g/mol. The quantitative estimate of drug-likeness (QED) is 0.797. The lowest BCUT2D eigenvalue weighted by Crippen LogP contribution is -2.46. The molecule has 1 aromatic carbocycles. The molecule has 0 aromatic heterocycles. The van der Waals surface area contributed by atoms with E-state index in [1.807, 2.05) is 12.1 Å². The van der Waals surface area contributed by atoms with Crippen molar-refractivity contribution < 1.29 is 4.79 Å². The second kappa shape index (κ2) is 6.80. The summed E-state index contributed by atoms with van der Waals surface area (Å²) in [6, 6.07) is 6.35. The zero-order valence-corrected chi connectivity index (χ0v) is 13.2. The van der Waals surface area contributed by atoms with Gasteiger partial charge in [0.2, 0.25) is 0 Å². The second-order valence-electron chi connectivity index (χ2n) is 6.14. The smallest absolute Gasteiger partial charge is 0.152 e. The van der Waals surface area contributed by atoms with Crippen LogP contribution in [0, 0.1) is 0 Å². The summed E-state index contributed by atoms with van der Waals surface area (Å²) >= 11 is 5.98. The monoisotopic (exact) mass is 306 g/mol. The van der Waals surface area contributed by atoms with Crippen LogP contribution in [-0.2, 0) is 0 Å². The second-order valence-corrected chi connectivity index (χ2v) is 6.57. The van der Waals surface area contributed by atoms with Gasteiger partial charge in [0.25, 0.3) is 0 Å². The van der Waals surface area contributed by atoms with Gasteiger partial charge in [0, 0.05) is 35.4 Å². The van der Waals surface area contributed by atoms with Crippen LogP contribution in [0.2, 0.25) is 5.02 Å². The first kappa shape index (κ1) is 14.9. The lowest BCUT2D eigenvalue weighted by molar-refractivity contribution is 0.112. The standard InChI is InChI=1S/C17H23ClN2O/c18-15-4-5-17(14(12-15)13-21)20-10-6-16(7-11-20)19-8-2-1-3-9-19/h4-5,12-13,16H,1-3,6-11H2. The fourth-order valence-electron chi connectivity index (χ4n) is 3.66. The van der Waals surface area contributed by atoms with Gasteiger partial charge in [-0.2, -0.15) is 0 Å². The lowest BCUT2D eigenvalue weighted by Gasteiger charge is -2.41. The molecule has 2 fully saturated rings. The van der Waals surface area contributed by atoms with Crippen LogP contribution in [0.15, 0.2) is 18.2 Å². The van der Waals surface area contributed by atoms with Crippen LogP contribution in [0.1, 0.15) is 42.5 Å². The number of hydrogen-bond donors (Lipinski definition) is 0. The number of carbonyl (C=O) groups is 1. The minimum absolute atomic E-state index is 0.629. The Morgan fingerprint density at radius 1 is 1.05 bits per heavy atom. The topological polar surface area (TPSA) is 23.6 Å². The van der Waals surface area contributed by atoms with E-state index >= 15 is 0 Å². The van der Waals surface area contributed by atoms with Crippen LogP contribution in [0.5, 0.6) is 0 Å². The minimum atomic E-state index is 0.629. The van der Waals surface area contributed by atoms with Crippen LogP contribution in [0.25, 0.3) is 0 Å². The zero-order chi connectivity index (χ0) is 14.7. The number of anilines is 1. The summed E-state index contributed by atoms with van der Waals surface area (Å²) in [4.78, 5) is 16.2. The summed E-state index contributed by atoms with van der Waals surface area (Å²) < 4.78 is 0. The van der Waals surface area contributed by atoms with Gasteiger partial charge in [-0.05, 0) is 57.0 Å². The van der Waals surface area contributed by atoms with Gasteiger partial charge in [-0.25, -0.2) is 0 Å². The number of benzene rings is 1. The molecule has 114 valence electrons. The highest BCUT2D eigenvalue weighted by atomic mass is 35.5. The molecule has 0 unspecified atom stereocenters. The minimum Gasteiger partial charge on any atom is -0.371 e. The molecule has 3 nitrogen and oxygen atoms in total. The van der Waals surface area contributed by atoms with Gasteiger partial charge < -0.3 is 9.80 Å². The third-order valence-electron chi connectivity index (χ3n) is 4.83. The molecule has 0 spiro atoms. The number of rotatable bonds is 3. The van der Waals surface area contributed by atoms with Crippen molar-refractivity contribution in [1.29, 1.82) is 0 Å². The molecule has 4 heteroatoms. The Balaban J connectivity index is 1.64. The van der Waals surface area contributed by atoms with Gasteiger partial charge in [-0.15, -0.1) is 0 Å². The third-order valence-corrected chi connectivity index (χ3v) is 5.06. The van der Waals surface area contributed by atoms with Gasteiger partial charge in [0.05, 0.1) is 0 Å². The van der Waals surface area contributed by atoms with E-state index in [9.17, 15) is 4.79 Å². The van der Waals surface area contributed by atoms with E-state index in [0.717, 1.165) is 31.1 Å². The van der Waals surface area contributed by atoms with Crippen molar-refractivity contribution in [3.63, 3.8) is 0 Å². The van der Waals surface area contributed by atoms with Crippen LogP contribution < -0.4 is 4.90 Å². The Morgan fingerprint density at radius 3 is 2.43 bits per heavy atom. The Bertz CT molecular complexity index is 492. The molecule has 1 aromatic rings. The first-order valence-electron chi connectivity index (χ1n) is 8.01. The van der Waals surface area contributed by atoms with Crippen LogP contribution in [-0.4, -0.2) is 43.4 Å². The van der Waals surface area contributed by atoms with Crippen LogP contribution in [0.3, 0.4) is 0 Å². The van der Waals surface area contributed by atoms with Gasteiger partial charge in [-0.1, -0.05) is 18.0 Å². The van der Waals surface area contributed by atoms with Crippen molar-refractivity contribution >= 4 is 23.6 Å². The van der Waals surface area contributed by atoms with Gasteiger partial charge in [-0.3, -0.25) is 4.79 Å². The molecule has 0 atom stereocenters. The third kappa shape index (κ3) is 3.41. The molecule has 3 rings (SSSR count). The first-order chi connectivity index (χ1) is 10.3. The van der Waals surface area contributed by atoms with Gasteiger partial charge >= 0.3 is 0 Å². The summed E-state index contributed by atoms with van der Waals surface area (Å²) in [6.45, 7) is 4.60. The molecule has 0 saturated carbocycles. The maximum Gasteiger partial charge on any atom is 0.152 e. The fourth-order valence-corrected chi connectivity index (χ4v) is 3.84. The van der Waals surface area contributed by atoms with Gasteiger partial charge in [0.15, 0.2) is 6.29 Å². The van der Waals surface area contributed by atoms with Crippen molar-refractivity contribution in [2.75, 3.05) is 31.1 Å². The van der Waals surface area contributed by atoms with E-state index < -0.39 is 0 Å². The van der Waals surface area contributed by atoms with Crippen molar-refractivity contribution in [3.8, 4) is 0 Å². The number of aldehydes is 1. The predicted molar refractivity (Wildman–Crippen MR) is 87.5 cm³/mol. The summed E-state index contributed by atoms with van der Waals surface area (Å²) in [5.74, 6) is 0. The molecular formula is C17H23ClN2O. The lowest BCUT2D eigenvalue weighted by atomic mass is 9.99. The summed E-state index contributed by atoms with van der Waals surface area (Å²) in [7, 11) is 0. The maximum atomic E-state index is 11.2. The zero-order valence-electron chi connectivity index (χ0n) is 12.4. The van der Waals surface area contributed by atoms with Crippen molar-refractivity contribution in [2.24, 2.45) is 0 Å².